The maximum absolute atomic E-state index is 9.56. The Kier molecular flexibility index (Phi) is 5.52. The molecule has 0 fully saturated rings. The van der Waals surface area contributed by atoms with Gasteiger partial charge in [0.1, 0.15) is 0 Å². The van der Waals surface area contributed by atoms with Gasteiger partial charge in [0, 0.05) is 38.7 Å². The fourth-order valence-electron chi connectivity index (χ4n) is 6.88. The molecule has 0 N–H and O–H groups in total. The third-order valence-corrected chi connectivity index (χ3v) is 9.50. The van der Waals surface area contributed by atoms with Gasteiger partial charge in [0.15, 0.2) is 17.5 Å². The predicted molar refractivity (Wildman–Crippen MR) is 227 cm³/mol. The molecule has 0 bridgehead atoms. The Balaban J connectivity index is 1.28. The molecule has 10 aromatic rings. The lowest BCUT2D eigenvalue weighted by Crippen LogP contribution is -2.01. The Hall–Kier alpha value is -7.43. The Morgan fingerprint density at radius 2 is 0.818 bits per heavy atom. The SMILES string of the molecule is [2H]c1c([2H])c([2H])c(-n2c3c([2H])c([2H])c([2H])c([2H])c3c3c([2H])c([2H])c([2H])c(-c4ccccc4-c4nc(-c5ccc(-c6ccccc6)cc5)nc(-c5ccc(-c6ccccc6)cc5)n4)c32)c([2H])c1[2H]. The largest absolute Gasteiger partial charge is 0.309 e. The molecule has 2 aromatic heterocycles. The van der Waals surface area contributed by atoms with Crippen molar-refractivity contribution in [3.05, 3.63) is 206 Å². The zero-order valence-corrected chi connectivity index (χ0v) is 29.0. The summed E-state index contributed by atoms with van der Waals surface area (Å²) in [6.45, 7) is 0. The molecule has 0 saturated heterocycles. The number of benzene rings is 8. The highest BCUT2D eigenvalue weighted by Gasteiger charge is 2.20. The zero-order valence-electron chi connectivity index (χ0n) is 41.0. The second kappa shape index (κ2) is 13.8. The Bertz CT molecular complexity index is 3510. The topological polar surface area (TPSA) is 43.6 Å². The number of nitrogens with zero attached hydrogens (tertiary/aromatic N) is 4. The van der Waals surface area contributed by atoms with Crippen molar-refractivity contribution < 1.29 is 16.4 Å². The van der Waals surface area contributed by atoms with Crippen LogP contribution in [-0.2, 0) is 0 Å². The van der Waals surface area contributed by atoms with Gasteiger partial charge < -0.3 is 4.57 Å². The maximum Gasteiger partial charge on any atom is 0.164 e. The van der Waals surface area contributed by atoms with Crippen LogP contribution in [0.3, 0.4) is 0 Å². The number of aromatic nitrogens is 4. The van der Waals surface area contributed by atoms with E-state index in [9.17, 15) is 2.74 Å². The summed E-state index contributed by atoms with van der Waals surface area (Å²) in [6, 6.07) is 34.6. The number of hydrogen-bond acceptors (Lipinski definition) is 3. The van der Waals surface area contributed by atoms with Crippen molar-refractivity contribution in [2.24, 2.45) is 0 Å². The molecular weight excluding hydrogens is 669 g/mol. The second-order valence-electron chi connectivity index (χ2n) is 12.7. The molecule has 258 valence electrons. The number of rotatable bonds is 7. The highest BCUT2D eigenvalue weighted by molar-refractivity contribution is 6.14. The van der Waals surface area contributed by atoms with E-state index in [1.54, 1.807) is 24.3 Å². The summed E-state index contributed by atoms with van der Waals surface area (Å²) in [4.78, 5) is 15.0. The number of fused-ring (bicyclic) bond motifs is 3. The molecule has 0 atom stereocenters. The quantitative estimate of drug-likeness (QED) is 0.165. The van der Waals surface area contributed by atoms with E-state index < -0.39 is 78.2 Å². The lowest BCUT2D eigenvalue weighted by Gasteiger charge is -2.15. The molecule has 0 spiro atoms. The van der Waals surface area contributed by atoms with Crippen LogP contribution >= 0.6 is 0 Å². The molecule has 0 aliphatic heterocycles. The van der Waals surface area contributed by atoms with Crippen molar-refractivity contribution in [1.82, 2.24) is 19.5 Å². The Morgan fingerprint density at radius 3 is 1.44 bits per heavy atom. The molecule has 2 heterocycles. The monoisotopic (exact) mass is 714 g/mol. The molecular formula is C51H34N4. The van der Waals surface area contributed by atoms with Crippen LogP contribution in [-0.4, -0.2) is 19.5 Å². The van der Waals surface area contributed by atoms with E-state index in [1.165, 1.54) is 0 Å². The summed E-state index contributed by atoms with van der Waals surface area (Å²) in [5.74, 6) is 0.786. The second-order valence-corrected chi connectivity index (χ2v) is 12.7. The summed E-state index contributed by atoms with van der Waals surface area (Å²) in [6.07, 6.45) is 0. The molecule has 0 amide bonds. The summed E-state index contributed by atoms with van der Waals surface area (Å²) in [5, 5.41) is -0.388. The standard InChI is InChI=1S/C51H34N4/c1-4-15-35(16-5-1)37-27-31-39(32-28-37)49-52-50(40-33-29-38(30-34-40)36-17-6-2-7-18-36)54-51(53-49)46-23-11-10-21-42(46)44-24-14-25-45-43-22-12-13-26-47(43)55(48(44)45)41-19-8-3-9-20-41/h1-34H/i3D,8D,9D,12D,13D,14D,19D,20D,22D,24D,25D,26D. The van der Waals surface area contributed by atoms with E-state index in [2.05, 4.69) is 0 Å². The van der Waals surface area contributed by atoms with Crippen LogP contribution < -0.4 is 0 Å². The Morgan fingerprint density at radius 1 is 0.345 bits per heavy atom. The summed E-state index contributed by atoms with van der Waals surface area (Å²) in [5.41, 5.74) is 4.96. The first-order chi connectivity index (χ1) is 32.3. The minimum atomic E-state index is -0.707. The van der Waals surface area contributed by atoms with Gasteiger partial charge in [0.25, 0.3) is 0 Å². The molecule has 0 unspecified atom stereocenters. The summed E-state index contributed by atoms with van der Waals surface area (Å²) >= 11 is 0. The summed E-state index contributed by atoms with van der Waals surface area (Å²) in [7, 11) is 0. The lowest BCUT2D eigenvalue weighted by atomic mass is 9.96. The first kappa shape index (κ1) is 21.9. The number of hydrogen-bond donors (Lipinski definition) is 0. The first-order valence-electron chi connectivity index (χ1n) is 23.6. The van der Waals surface area contributed by atoms with Crippen LogP contribution in [0.4, 0.5) is 0 Å². The van der Waals surface area contributed by atoms with Crippen LogP contribution in [0.15, 0.2) is 206 Å². The molecule has 4 heteroatoms. The summed E-state index contributed by atoms with van der Waals surface area (Å²) < 4.78 is 108. The molecule has 8 aromatic carbocycles. The van der Waals surface area contributed by atoms with E-state index in [0.717, 1.165) is 26.8 Å². The third kappa shape index (κ3) is 5.96. The first-order valence-corrected chi connectivity index (χ1v) is 17.6. The van der Waals surface area contributed by atoms with Crippen LogP contribution in [0.25, 0.3) is 95.0 Å². The van der Waals surface area contributed by atoms with E-state index in [-0.39, 0.29) is 38.8 Å². The van der Waals surface area contributed by atoms with Crippen LogP contribution in [0.2, 0.25) is 0 Å². The average Bonchev–Trinajstić information content (AvgIpc) is 3.71. The van der Waals surface area contributed by atoms with E-state index in [0.29, 0.717) is 28.3 Å². The van der Waals surface area contributed by atoms with Crippen molar-refractivity contribution in [3.8, 4) is 73.2 Å². The maximum atomic E-state index is 9.56. The van der Waals surface area contributed by atoms with Gasteiger partial charge in [-0.25, -0.2) is 15.0 Å². The van der Waals surface area contributed by atoms with Gasteiger partial charge in [-0.2, -0.15) is 0 Å². The molecule has 4 nitrogen and oxygen atoms in total. The molecule has 55 heavy (non-hydrogen) atoms. The minimum absolute atomic E-state index is 0.0607. The van der Waals surface area contributed by atoms with Gasteiger partial charge in [-0.1, -0.05) is 188 Å². The molecule has 0 aliphatic carbocycles. The van der Waals surface area contributed by atoms with E-state index in [1.807, 2.05) is 109 Å². The Labute approximate surface area is 336 Å². The van der Waals surface area contributed by atoms with Crippen molar-refractivity contribution in [1.29, 1.82) is 0 Å². The van der Waals surface area contributed by atoms with Crippen LogP contribution in [0.5, 0.6) is 0 Å². The lowest BCUT2D eigenvalue weighted by molar-refractivity contribution is 1.07. The van der Waals surface area contributed by atoms with Crippen molar-refractivity contribution in [2.75, 3.05) is 0 Å². The third-order valence-electron chi connectivity index (χ3n) is 9.50. The number of para-hydroxylation sites is 3. The van der Waals surface area contributed by atoms with Gasteiger partial charge in [-0.3, -0.25) is 0 Å². The average molecular weight is 715 g/mol. The highest BCUT2D eigenvalue weighted by Crippen LogP contribution is 2.41. The molecule has 0 radical (unpaired) electrons. The minimum Gasteiger partial charge on any atom is -0.309 e. The molecule has 0 aliphatic rings. The normalized spacial score (nSPS) is 14.3. The fourth-order valence-corrected chi connectivity index (χ4v) is 6.88. The van der Waals surface area contributed by atoms with E-state index in [4.69, 9.17) is 28.7 Å². The van der Waals surface area contributed by atoms with Crippen molar-refractivity contribution >= 4 is 21.8 Å². The fraction of sp³-hybridized carbons (Fsp3) is 0. The van der Waals surface area contributed by atoms with Gasteiger partial charge in [0.2, 0.25) is 0 Å². The van der Waals surface area contributed by atoms with Crippen LogP contribution in [0.1, 0.15) is 16.4 Å². The molecule has 0 saturated carbocycles. The van der Waals surface area contributed by atoms with Gasteiger partial charge in [-0.15, -0.1) is 0 Å². The smallest absolute Gasteiger partial charge is 0.164 e. The van der Waals surface area contributed by atoms with Crippen molar-refractivity contribution in [3.63, 3.8) is 0 Å². The van der Waals surface area contributed by atoms with E-state index >= 15 is 0 Å². The van der Waals surface area contributed by atoms with Crippen molar-refractivity contribution in [2.45, 2.75) is 0 Å². The molecule has 10 rings (SSSR count). The highest BCUT2D eigenvalue weighted by atomic mass is 15.0. The predicted octanol–water partition coefficient (Wildman–Crippen LogP) is 13.0. The van der Waals surface area contributed by atoms with Gasteiger partial charge >= 0.3 is 0 Å². The van der Waals surface area contributed by atoms with Gasteiger partial charge in [-0.05, 0) is 45.9 Å². The van der Waals surface area contributed by atoms with Gasteiger partial charge in [0.05, 0.1) is 27.5 Å². The zero-order chi connectivity index (χ0) is 47.0. The van der Waals surface area contributed by atoms with Crippen LogP contribution in [0, 0.1) is 0 Å².